The van der Waals surface area contributed by atoms with Crippen molar-refractivity contribution in [1.29, 1.82) is 0 Å². The van der Waals surface area contributed by atoms with Gasteiger partial charge in [0.2, 0.25) is 5.91 Å². The van der Waals surface area contributed by atoms with Crippen LogP contribution in [0.3, 0.4) is 0 Å². The number of aliphatic hydroxyl groups excluding tert-OH is 1. The highest BCUT2D eigenvalue weighted by Crippen LogP contribution is 2.23. The first kappa shape index (κ1) is 15.1. The predicted molar refractivity (Wildman–Crippen MR) is 78.1 cm³/mol. The topological polar surface area (TPSA) is 75.3 Å². The second kappa shape index (κ2) is 7.51. The number of carbonyl (C=O) groups excluding carboxylic acids is 1. The van der Waals surface area contributed by atoms with E-state index in [0.29, 0.717) is 22.2 Å². The van der Waals surface area contributed by atoms with Crippen LogP contribution in [0.2, 0.25) is 5.02 Å². The lowest BCUT2D eigenvalue weighted by Crippen LogP contribution is -2.16. The quantitative estimate of drug-likeness (QED) is 0.702. The fourth-order valence-electron chi connectivity index (χ4n) is 1.23. The molecule has 0 heterocycles. The Morgan fingerprint density at radius 3 is 3.00 bits per heavy atom. The zero-order valence-corrected chi connectivity index (χ0v) is 11.7. The lowest BCUT2D eigenvalue weighted by Gasteiger charge is -2.09. The van der Waals surface area contributed by atoms with Gasteiger partial charge in [0, 0.05) is 11.6 Å². The van der Waals surface area contributed by atoms with Gasteiger partial charge in [-0.05, 0) is 29.9 Å². The Labute approximate surface area is 116 Å². The molecule has 1 unspecified atom stereocenters. The summed E-state index contributed by atoms with van der Waals surface area (Å²) in [5.74, 6) is 1.14. The van der Waals surface area contributed by atoms with Crippen LogP contribution in [-0.2, 0) is 4.79 Å². The van der Waals surface area contributed by atoms with Gasteiger partial charge in [0.15, 0.2) is 0 Å². The van der Waals surface area contributed by atoms with Crippen LogP contribution in [0, 0.1) is 5.92 Å². The van der Waals surface area contributed by atoms with E-state index in [1.807, 2.05) is 6.92 Å². The van der Waals surface area contributed by atoms with Gasteiger partial charge in [-0.1, -0.05) is 18.5 Å². The van der Waals surface area contributed by atoms with Crippen LogP contribution in [0.1, 0.15) is 6.92 Å². The molecule has 100 valence electrons. The number of hydrogen-bond acceptors (Lipinski definition) is 4. The van der Waals surface area contributed by atoms with E-state index in [9.17, 15) is 4.79 Å². The van der Waals surface area contributed by atoms with Gasteiger partial charge in [-0.3, -0.25) is 4.79 Å². The molecule has 1 amide bonds. The van der Waals surface area contributed by atoms with Crippen molar-refractivity contribution in [2.24, 2.45) is 5.92 Å². The number of anilines is 2. The zero-order valence-electron chi connectivity index (χ0n) is 10.1. The molecule has 0 aliphatic carbocycles. The summed E-state index contributed by atoms with van der Waals surface area (Å²) in [6, 6.07) is 4.94. The third-order valence-corrected chi connectivity index (χ3v) is 3.74. The third-order valence-electron chi connectivity index (χ3n) is 2.24. The average molecular weight is 289 g/mol. The molecule has 0 saturated heterocycles. The first-order valence-corrected chi connectivity index (χ1v) is 7.09. The first-order valence-electron chi connectivity index (χ1n) is 5.56. The summed E-state index contributed by atoms with van der Waals surface area (Å²) in [5.41, 5.74) is 6.74. The number of amides is 1. The van der Waals surface area contributed by atoms with Gasteiger partial charge in [-0.15, -0.1) is 0 Å². The Morgan fingerprint density at radius 1 is 1.61 bits per heavy atom. The fraction of sp³-hybridized carbons (Fsp3) is 0.417. The summed E-state index contributed by atoms with van der Waals surface area (Å²) < 4.78 is 0. The second-order valence-electron chi connectivity index (χ2n) is 4.08. The minimum atomic E-state index is -0.126. The molecule has 6 heteroatoms. The SMILES string of the molecule is CC(CO)CSCC(=O)Nc1cc(Cl)ccc1N. The van der Waals surface area contributed by atoms with Crippen LogP contribution in [0.15, 0.2) is 18.2 Å². The Morgan fingerprint density at radius 2 is 2.33 bits per heavy atom. The van der Waals surface area contributed by atoms with Crippen molar-refractivity contribution >= 4 is 40.6 Å². The summed E-state index contributed by atoms with van der Waals surface area (Å²) in [6.45, 7) is 2.07. The van der Waals surface area contributed by atoms with Gasteiger partial charge in [-0.25, -0.2) is 0 Å². The maximum Gasteiger partial charge on any atom is 0.234 e. The average Bonchev–Trinajstić information content (AvgIpc) is 2.33. The molecule has 1 atom stereocenters. The second-order valence-corrected chi connectivity index (χ2v) is 5.55. The minimum Gasteiger partial charge on any atom is -0.397 e. The molecule has 0 fully saturated rings. The van der Waals surface area contributed by atoms with Crippen molar-refractivity contribution in [3.63, 3.8) is 0 Å². The van der Waals surface area contributed by atoms with Crippen LogP contribution in [0.4, 0.5) is 11.4 Å². The lowest BCUT2D eigenvalue weighted by atomic mass is 10.2. The first-order chi connectivity index (χ1) is 8.52. The molecule has 0 aromatic heterocycles. The number of nitrogens with two attached hydrogens (primary N) is 1. The van der Waals surface area contributed by atoms with E-state index >= 15 is 0 Å². The number of hydrogen-bond donors (Lipinski definition) is 3. The van der Waals surface area contributed by atoms with Gasteiger partial charge in [0.25, 0.3) is 0 Å². The Balaban J connectivity index is 2.42. The van der Waals surface area contributed by atoms with E-state index in [1.54, 1.807) is 18.2 Å². The number of carbonyl (C=O) groups is 1. The molecule has 4 N–H and O–H groups in total. The van der Waals surface area contributed by atoms with Gasteiger partial charge in [0.1, 0.15) is 0 Å². The number of thioether (sulfide) groups is 1. The number of halogens is 1. The Hall–Kier alpha value is -0.910. The highest BCUT2D eigenvalue weighted by Gasteiger charge is 2.07. The Bertz CT molecular complexity index is 415. The molecule has 1 rings (SSSR count). The summed E-state index contributed by atoms with van der Waals surface area (Å²) in [7, 11) is 0. The number of rotatable bonds is 6. The van der Waals surface area contributed by atoms with E-state index in [1.165, 1.54) is 11.8 Å². The standard InChI is InChI=1S/C12H17ClN2O2S/c1-8(5-16)6-18-7-12(17)15-11-4-9(13)2-3-10(11)14/h2-4,8,16H,5-7,14H2,1H3,(H,15,17). The van der Waals surface area contributed by atoms with Crippen LogP contribution in [0.25, 0.3) is 0 Å². The largest absolute Gasteiger partial charge is 0.397 e. The predicted octanol–water partition coefficient (Wildman–Crippen LogP) is 2.22. The summed E-state index contributed by atoms with van der Waals surface area (Å²) in [5, 5.41) is 12.1. The molecule has 1 aromatic carbocycles. The van der Waals surface area contributed by atoms with Crippen LogP contribution in [0.5, 0.6) is 0 Å². The van der Waals surface area contributed by atoms with E-state index in [2.05, 4.69) is 5.32 Å². The number of nitrogen functional groups attached to an aromatic ring is 1. The molecular weight excluding hydrogens is 272 g/mol. The van der Waals surface area contributed by atoms with Crippen molar-refractivity contribution in [2.45, 2.75) is 6.92 Å². The van der Waals surface area contributed by atoms with Crippen LogP contribution in [-0.4, -0.2) is 29.1 Å². The third kappa shape index (κ3) is 5.16. The van der Waals surface area contributed by atoms with Gasteiger partial charge >= 0.3 is 0 Å². The number of benzene rings is 1. The molecule has 0 radical (unpaired) electrons. The lowest BCUT2D eigenvalue weighted by molar-refractivity contribution is -0.113. The van der Waals surface area contributed by atoms with Crippen molar-refractivity contribution in [2.75, 3.05) is 29.2 Å². The molecule has 18 heavy (non-hydrogen) atoms. The molecule has 4 nitrogen and oxygen atoms in total. The summed E-state index contributed by atoms with van der Waals surface area (Å²) in [4.78, 5) is 11.7. The summed E-state index contributed by atoms with van der Waals surface area (Å²) in [6.07, 6.45) is 0. The monoisotopic (exact) mass is 288 g/mol. The van der Waals surface area contributed by atoms with Crippen molar-refractivity contribution < 1.29 is 9.90 Å². The molecule has 0 aliphatic heterocycles. The van der Waals surface area contributed by atoms with Crippen LogP contribution < -0.4 is 11.1 Å². The van der Waals surface area contributed by atoms with E-state index in [0.717, 1.165) is 5.75 Å². The normalized spacial score (nSPS) is 12.2. The van der Waals surface area contributed by atoms with Gasteiger partial charge in [-0.2, -0.15) is 11.8 Å². The van der Waals surface area contributed by atoms with Gasteiger partial charge < -0.3 is 16.2 Å². The summed E-state index contributed by atoms with van der Waals surface area (Å²) >= 11 is 7.30. The molecular formula is C12H17ClN2O2S. The van der Waals surface area contributed by atoms with Gasteiger partial charge in [0.05, 0.1) is 17.1 Å². The Kier molecular flexibility index (Phi) is 6.32. The molecule has 0 bridgehead atoms. The van der Waals surface area contributed by atoms with E-state index in [-0.39, 0.29) is 18.4 Å². The van der Waals surface area contributed by atoms with Crippen molar-refractivity contribution in [3.05, 3.63) is 23.2 Å². The molecule has 0 spiro atoms. The highest BCUT2D eigenvalue weighted by atomic mass is 35.5. The maximum absolute atomic E-state index is 11.7. The van der Waals surface area contributed by atoms with Crippen molar-refractivity contribution in [3.8, 4) is 0 Å². The molecule has 0 saturated carbocycles. The van der Waals surface area contributed by atoms with Crippen LogP contribution >= 0.6 is 23.4 Å². The molecule has 1 aromatic rings. The van der Waals surface area contributed by atoms with E-state index < -0.39 is 0 Å². The van der Waals surface area contributed by atoms with E-state index in [4.69, 9.17) is 22.4 Å². The minimum absolute atomic E-state index is 0.126. The molecule has 0 aliphatic rings. The van der Waals surface area contributed by atoms with Crippen molar-refractivity contribution in [1.82, 2.24) is 0 Å². The maximum atomic E-state index is 11.7. The number of aliphatic hydroxyl groups is 1. The number of nitrogens with one attached hydrogen (secondary N) is 1. The highest BCUT2D eigenvalue weighted by molar-refractivity contribution is 7.99. The fourth-order valence-corrected chi connectivity index (χ4v) is 2.28. The smallest absolute Gasteiger partial charge is 0.234 e. The zero-order chi connectivity index (χ0) is 13.5.